The highest BCUT2D eigenvalue weighted by Crippen LogP contribution is 2.36. The smallest absolute Gasteiger partial charge is 0.236 e. The average Bonchev–Trinajstić information content (AvgIpc) is 3.41. The number of carbonyl (C=O) groups is 1. The number of rotatable bonds is 7. The number of fused-ring (bicyclic) bond motifs is 2. The molecule has 34 heavy (non-hydrogen) atoms. The summed E-state index contributed by atoms with van der Waals surface area (Å²) in [5.74, 6) is 2.03. The van der Waals surface area contributed by atoms with Crippen molar-refractivity contribution in [1.82, 2.24) is 19.7 Å². The molecule has 0 saturated heterocycles. The van der Waals surface area contributed by atoms with Crippen molar-refractivity contribution >= 4 is 44.4 Å². The molecule has 0 saturated carbocycles. The van der Waals surface area contributed by atoms with Crippen molar-refractivity contribution in [2.24, 2.45) is 0 Å². The van der Waals surface area contributed by atoms with E-state index in [4.69, 9.17) is 9.47 Å². The van der Waals surface area contributed by atoms with Gasteiger partial charge >= 0.3 is 0 Å². The lowest BCUT2D eigenvalue weighted by Gasteiger charge is -2.26. The third kappa shape index (κ3) is 4.51. The molecule has 0 bridgehead atoms. The van der Waals surface area contributed by atoms with Crippen LogP contribution in [0.2, 0.25) is 0 Å². The van der Waals surface area contributed by atoms with E-state index in [1.54, 1.807) is 6.08 Å². The maximum absolute atomic E-state index is 12.6. The van der Waals surface area contributed by atoms with Crippen LogP contribution in [0.4, 0.5) is 5.13 Å². The summed E-state index contributed by atoms with van der Waals surface area (Å²) in [7, 11) is 0. The van der Waals surface area contributed by atoms with Gasteiger partial charge in [0, 0.05) is 6.54 Å². The molecule has 2 aromatic carbocycles. The Morgan fingerprint density at radius 1 is 1.29 bits per heavy atom. The van der Waals surface area contributed by atoms with Gasteiger partial charge in [-0.2, -0.15) is 0 Å². The van der Waals surface area contributed by atoms with Crippen LogP contribution in [0, 0.1) is 13.8 Å². The fraction of sp³-hybridized carbons (Fsp3) is 0.250. The number of aryl methyl sites for hydroxylation is 2. The van der Waals surface area contributed by atoms with Crippen LogP contribution in [0.25, 0.3) is 10.2 Å². The molecule has 4 aromatic rings. The molecule has 0 unspecified atom stereocenters. The first kappa shape index (κ1) is 22.4. The molecule has 1 aliphatic rings. The number of carbonyl (C=O) groups excluding carboxylic acids is 1. The number of aromatic nitrogens is 4. The maximum Gasteiger partial charge on any atom is 0.236 e. The molecule has 0 aliphatic carbocycles. The molecular formula is C24H23N5O3S2. The summed E-state index contributed by atoms with van der Waals surface area (Å²) in [6.07, 6.45) is 1.36. The van der Waals surface area contributed by atoms with Crippen molar-refractivity contribution in [3.63, 3.8) is 0 Å². The number of thiazole rings is 1. The molecular weight excluding hydrogens is 470 g/mol. The number of amides is 1. The van der Waals surface area contributed by atoms with E-state index in [2.05, 4.69) is 46.1 Å². The molecule has 1 N–H and O–H groups in total. The topological polar surface area (TPSA) is 91.2 Å². The highest BCUT2D eigenvalue weighted by atomic mass is 32.2. The van der Waals surface area contributed by atoms with Gasteiger partial charge in [-0.05, 0) is 43.2 Å². The van der Waals surface area contributed by atoms with Crippen molar-refractivity contribution in [2.45, 2.75) is 31.7 Å². The van der Waals surface area contributed by atoms with Crippen molar-refractivity contribution < 1.29 is 14.3 Å². The number of benzene rings is 2. The highest BCUT2D eigenvalue weighted by molar-refractivity contribution is 7.99. The van der Waals surface area contributed by atoms with Gasteiger partial charge in [0.05, 0.1) is 16.0 Å². The second-order valence-corrected chi connectivity index (χ2v) is 9.86. The van der Waals surface area contributed by atoms with Gasteiger partial charge in [0.2, 0.25) is 5.91 Å². The van der Waals surface area contributed by atoms with Crippen molar-refractivity contribution in [3.8, 4) is 11.5 Å². The zero-order chi connectivity index (χ0) is 23.7. The van der Waals surface area contributed by atoms with E-state index in [9.17, 15) is 4.79 Å². The van der Waals surface area contributed by atoms with Crippen molar-refractivity contribution in [1.29, 1.82) is 0 Å². The molecule has 2 aromatic heterocycles. The van der Waals surface area contributed by atoms with E-state index in [1.807, 2.05) is 35.8 Å². The van der Waals surface area contributed by atoms with E-state index >= 15 is 0 Å². The van der Waals surface area contributed by atoms with Gasteiger partial charge in [-0.3, -0.25) is 9.36 Å². The first-order chi connectivity index (χ1) is 16.5. The number of thioether (sulfide) groups is 1. The van der Waals surface area contributed by atoms with Crippen LogP contribution in [0.3, 0.4) is 0 Å². The zero-order valence-corrected chi connectivity index (χ0v) is 20.4. The molecule has 0 fully saturated rings. The van der Waals surface area contributed by atoms with E-state index in [-0.39, 0.29) is 11.7 Å². The summed E-state index contributed by atoms with van der Waals surface area (Å²) in [6.45, 7) is 8.74. The fourth-order valence-corrected chi connectivity index (χ4v) is 5.62. The molecule has 1 atom stereocenters. The Morgan fingerprint density at radius 3 is 2.94 bits per heavy atom. The summed E-state index contributed by atoms with van der Waals surface area (Å²) >= 11 is 2.78. The zero-order valence-electron chi connectivity index (χ0n) is 18.8. The number of hydrogen-bond donors (Lipinski definition) is 1. The number of ether oxygens (including phenoxy) is 2. The van der Waals surface area contributed by atoms with Crippen molar-refractivity contribution in [2.75, 3.05) is 17.7 Å². The Labute approximate surface area is 205 Å². The Morgan fingerprint density at radius 2 is 2.12 bits per heavy atom. The molecule has 0 spiro atoms. The van der Waals surface area contributed by atoms with Gasteiger partial charge in [-0.1, -0.05) is 47.4 Å². The van der Waals surface area contributed by atoms with E-state index in [0.717, 1.165) is 15.8 Å². The first-order valence-corrected chi connectivity index (χ1v) is 12.5. The first-order valence-electron chi connectivity index (χ1n) is 10.7. The summed E-state index contributed by atoms with van der Waals surface area (Å²) in [5, 5.41) is 12.7. The van der Waals surface area contributed by atoms with Gasteiger partial charge in [0.1, 0.15) is 6.61 Å². The minimum absolute atomic E-state index is 0.153. The molecule has 0 radical (unpaired) electrons. The summed E-state index contributed by atoms with van der Waals surface area (Å²) in [5.41, 5.74) is 3.20. The lowest BCUT2D eigenvalue weighted by molar-refractivity contribution is -0.113. The molecule has 1 aliphatic heterocycles. The van der Waals surface area contributed by atoms with Crippen LogP contribution in [-0.2, 0) is 11.3 Å². The molecule has 10 heteroatoms. The number of para-hydroxylation sites is 2. The Kier molecular flexibility index (Phi) is 6.25. The minimum Gasteiger partial charge on any atom is -0.485 e. The third-order valence-electron chi connectivity index (χ3n) is 5.26. The second-order valence-electron chi connectivity index (χ2n) is 7.89. The van der Waals surface area contributed by atoms with Gasteiger partial charge in [0.25, 0.3) is 0 Å². The largest absolute Gasteiger partial charge is 0.485 e. The highest BCUT2D eigenvalue weighted by Gasteiger charge is 2.28. The Balaban J connectivity index is 1.27. The van der Waals surface area contributed by atoms with Crippen LogP contribution in [0.1, 0.15) is 23.1 Å². The number of allylic oxidation sites excluding steroid dienone is 1. The van der Waals surface area contributed by atoms with Crippen LogP contribution in [0.5, 0.6) is 11.5 Å². The lowest BCUT2D eigenvalue weighted by atomic mass is 10.1. The predicted molar refractivity (Wildman–Crippen MR) is 134 cm³/mol. The standard InChI is InChI=1S/C24H23N5O3S2/c1-4-9-29-22(18-12-31-16-7-5-6-8-17(16)32-18)27-28-24(29)33-13-20(30)25-23-26-21-15(3)10-14(2)11-19(21)34-23/h4-8,10-11,18H,1,9,12-13H2,2-3H3,(H,25,26,30)/t18-/m0/s1. The molecule has 3 heterocycles. The van der Waals surface area contributed by atoms with Crippen molar-refractivity contribution in [3.05, 3.63) is 66.0 Å². The van der Waals surface area contributed by atoms with E-state index in [1.165, 1.54) is 28.7 Å². The second kappa shape index (κ2) is 9.47. The summed E-state index contributed by atoms with van der Waals surface area (Å²) < 4.78 is 14.9. The van der Waals surface area contributed by atoms with Gasteiger partial charge in [0.15, 0.2) is 33.7 Å². The lowest BCUT2D eigenvalue weighted by Crippen LogP contribution is -2.25. The number of anilines is 1. The quantitative estimate of drug-likeness (QED) is 0.288. The monoisotopic (exact) mass is 493 g/mol. The Bertz CT molecular complexity index is 1380. The van der Waals surface area contributed by atoms with E-state index in [0.29, 0.717) is 40.8 Å². The van der Waals surface area contributed by atoms with Gasteiger partial charge in [-0.25, -0.2) is 4.98 Å². The van der Waals surface area contributed by atoms with Crippen LogP contribution in [0.15, 0.2) is 54.2 Å². The SMILES string of the molecule is C=CCn1c(SCC(=O)Nc2nc3c(C)cc(C)cc3s2)nnc1[C@@H]1COc2ccccc2O1. The van der Waals surface area contributed by atoms with Crippen LogP contribution in [-0.4, -0.2) is 38.0 Å². The minimum atomic E-state index is -0.403. The predicted octanol–water partition coefficient (Wildman–Crippen LogP) is 4.93. The maximum atomic E-state index is 12.6. The molecule has 1 amide bonds. The van der Waals surface area contributed by atoms with E-state index < -0.39 is 6.10 Å². The number of hydrogen-bond acceptors (Lipinski definition) is 8. The van der Waals surface area contributed by atoms with Crippen LogP contribution < -0.4 is 14.8 Å². The number of nitrogens with one attached hydrogen (secondary N) is 1. The number of nitrogens with zero attached hydrogens (tertiary/aromatic N) is 4. The third-order valence-corrected chi connectivity index (χ3v) is 7.15. The van der Waals surface area contributed by atoms with Gasteiger partial charge < -0.3 is 14.8 Å². The average molecular weight is 494 g/mol. The molecule has 174 valence electrons. The Hall–Kier alpha value is -3.37. The molecule has 8 nitrogen and oxygen atoms in total. The van der Waals surface area contributed by atoms with Crippen LogP contribution >= 0.6 is 23.1 Å². The van der Waals surface area contributed by atoms with Gasteiger partial charge in [-0.15, -0.1) is 16.8 Å². The fourth-order valence-electron chi connectivity index (χ4n) is 3.80. The summed E-state index contributed by atoms with van der Waals surface area (Å²) in [6, 6.07) is 11.7. The summed E-state index contributed by atoms with van der Waals surface area (Å²) in [4.78, 5) is 17.2. The molecule has 5 rings (SSSR count). The normalized spacial score (nSPS) is 14.8.